The van der Waals surface area contributed by atoms with E-state index in [1.807, 2.05) is 4.90 Å². The molecule has 7 heteroatoms. The van der Waals surface area contributed by atoms with Crippen molar-refractivity contribution in [2.45, 2.75) is 6.92 Å². The van der Waals surface area contributed by atoms with Crippen molar-refractivity contribution in [1.29, 1.82) is 0 Å². The van der Waals surface area contributed by atoms with E-state index in [4.69, 9.17) is 17.0 Å². The van der Waals surface area contributed by atoms with Gasteiger partial charge in [-0.2, -0.15) is 0 Å². The van der Waals surface area contributed by atoms with Gasteiger partial charge in [0.1, 0.15) is 5.82 Å². The van der Waals surface area contributed by atoms with Crippen LogP contribution in [0.25, 0.3) is 0 Å². The van der Waals surface area contributed by atoms with Crippen molar-refractivity contribution in [2.75, 3.05) is 38.1 Å². The monoisotopic (exact) mass is 311 g/mol. The number of nitrogens with one attached hydrogen (secondary N) is 1. The predicted octanol–water partition coefficient (Wildman–Crippen LogP) is 2.30. The highest BCUT2D eigenvalue weighted by atomic mass is 32.1. The molecule has 0 aromatic heterocycles. The smallest absolute Gasteiger partial charge is 0.409 e. The lowest BCUT2D eigenvalue weighted by Crippen LogP contribution is -2.51. The molecule has 21 heavy (non-hydrogen) atoms. The van der Waals surface area contributed by atoms with Gasteiger partial charge in [0, 0.05) is 31.9 Å². The van der Waals surface area contributed by atoms with Crippen LogP contribution in [0.3, 0.4) is 0 Å². The maximum absolute atomic E-state index is 12.8. The topological polar surface area (TPSA) is 44.8 Å². The number of piperazine rings is 1. The molecule has 1 aliphatic heterocycles. The summed E-state index contributed by atoms with van der Waals surface area (Å²) >= 11 is 5.33. The molecule has 1 fully saturated rings. The number of benzene rings is 1. The number of hydrogen-bond acceptors (Lipinski definition) is 3. The molecule has 1 aliphatic rings. The molecule has 2 rings (SSSR count). The van der Waals surface area contributed by atoms with Crippen LogP contribution in [-0.2, 0) is 4.74 Å². The van der Waals surface area contributed by atoms with Gasteiger partial charge in [0.2, 0.25) is 0 Å². The molecule has 1 amide bonds. The minimum Gasteiger partial charge on any atom is -0.450 e. The molecule has 0 spiro atoms. The minimum atomic E-state index is -0.283. The predicted molar refractivity (Wildman–Crippen MR) is 82.8 cm³/mol. The van der Waals surface area contributed by atoms with Crippen LogP contribution in [0.5, 0.6) is 0 Å². The number of carbonyl (C=O) groups excluding carboxylic acids is 1. The number of rotatable bonds is 2. The number of halogens is 1. The lowest BCUT2D eigenvalue weighted by Gasteiger charge is -2.35. The second-order valence-corrected chi connectivity index (χ2v) is 5.00. The Bertz CT molecular complexity index is 501. The summed E-state index contributed by atoms with van der Waals surface area (Å²) in [6.07, 6.45) is -0.283. The Labute approximate surface area is 128 Å². The number of ether oxygens (including phenoxy) is 1. The molecular weight excluding hydrogens is 293 g/mol. The van der Waals surface area contributed by atoms with Crippen molar-refractivity contribution in [1.82, 2.24) is 9.80 Å². The van der Waals surface area contributed by atoms with Crippen molar-refractivity contribution in [3.8, 4) is 0 Å². The zero-order chi connectivity index (χ0) is 15.2. The molecule has 0 atom stereocenters. The van der Waals surface area contributed by atoms with E-state index in [1.54, 1.807) is 24.0 Å². The second kappa shape index (κ2) is 7.21. The van der Waals surface area contributed by atoms with Gasteiger partial charge >= 0.3 is 6.09 Å². The van der Waals surface area contributed by atoms with E-state index < -0.39 is 0 Å². The Morgan fingerprint density at radius 2 is 1.81 bits per heavy atom. The second-order valence-electron chi connectivity index (χ2n) is 4.61. The lowest BCUT2D eigenvalue weighted by atomic mass is 10.3. The maximum Gasteiger partial charge on any atom is 0.409 e. The Kier molecular flexibility index (Phi) is 5.32. The molecule has 114 valence electrons. The highest BCUT2D eigenvalue weighted by Gasteiger charge is 2.23. The standard InChI is InChI=1S/C14H18FN3O2S/c1-2-20-14(19)18-9-7-17(8-10-18)13(21)16-12-5-3-11(15)4-6-12/h3-6H,2,7-10H2,1H3,(H,16,21). The fraction of sp³-hybridized carbons (Fsp3) is 0.429. The van der Waals surface area contributed by atoms with Crippen LogP contribution in [0.15, 0.2) is 24.3 Å². The Balaban J connectivity index is 1.83. The summed E-state index contributed by atoms with van der Waals surface area (Å²) in [5.74, 6) is -0.283. The van der Waals surface area contributed by atoms with E-state index in [0.717, 1.165) is 5.69 Å². The van der Waals surface area contributed by atoms with Crippen molar-refractivity contribution in [2.24, 2.45) is 0 Å². The lowest BCUT2D eigenvalue weighted by molar-refractivity contribution is 0.0923. The maximum atomic E-state index is 12.8. The van der Waals surface area contributed by atoms with Crippen LogP contribution in [0.1, 0.15) is 6.92 Å². The van der Waals surface area contributed by atoms with Gasteiger partial charge in [-0.1, -0.05) is 0 Å². The van der Waals surface area contributed by atoms with Crippen LogP contribution >= 0.6 is 12.2 Å². The van der Waals surface area contributed by atoms with Gasteiger partial charge in [0.25, 0.3) is 0 Å². The van der Waals surface area contributed by atoms with Crippen molar-refractivity contribution >= 4 is 29.1 Å². The van der Waals surface area contributed by atoms with Gasteiger partial charge in [0.15, 0.2) is 5.11 Å². The van der Waals surface area contributed by atoms with Crippen molar-refractivity contribution in [3.05, 3.63) is 30.1 Å². The summed E-state index contributed by atoms with van der Waals surface area (Å²) in [7, 11) is 0. The first kappa shape index (κ1) is 15.5. The number of carbonyl (C=O) groups is 1. The third-order valence-corrected chi connectivity index (χ3v) is 3.55. The number of anilines is 1. The third kappa shape index (κ3) is 4.29. The summed E-state index contributed by atoms with van der Waals surface area (Å²) < 4.78 is 17.8. The molecular formula is C14H18FN3O2S. The first-order valence-corrected chi connectivity index (χ1v) is 7.24. The quantitative estimate of drug-likeness (QED) is 0.849. The van der Waals surface area contributed by atoms with E-state index in [-0.39, 0.29) is 11.9 Å². The SMILES string of the molecule is CCOC(=O)N1CCN(C(=S)Nc2ccc(F)cc2)CC1. The average molecular weight is 311 g/mol. The Morgan fingerprint density at radius 1 is 1.24 bits per heavy atom. The molecule has 0 radical (unpaired) electrons. The molecule has 5 nitrogen and oxygen atoms in total. The summed E-state index contributed by atoms with van der Waals surface area (Å²) in [6, 6.07) is 6.03. The van der Waals surface area contributed by atoms with Crippen LogP contribution in [0.2, 0.25) is 0 Å². The summed E-state index contributed by atoms with van der Waals surface area (Å²) in [5.41, 5.74) is 0.745. The van der Waals surface area contributed by atoms with Gasteiger partial charge in [-0.25, -0.2) is 9.18 Å². The largest absolute Gasteiger partial charge is 0.450 e. The van der Waals surface area contributed by atoms with Crippen LogP contribution in [0.4, 0.5) is 14.9 Å². The van der Waals surface area contributed by atoms with E-state index >= 15 is 0 Å². The van der Waals surface area contributed by atoms with Crippen LogP contribution in [-0.4, -0.2) is 53.8 Å². The summed E-state index contributed by atoms with van der Waals surface area (Å²) in [5, 5.41) is 3.64. The van der Waals surface area contributed by atoms with Crippen molar-refractivity contribution < 1.29 is 13.9 Å². The molecule has 1 N–H and O–H groups in total. The highest BCUT2D eigenvalue weighted by Crippen LogP contribution is 2.11. The van der Waals surface area contributed by atoms with E-state index in [0.29, 0.717) is 37.9 Å². The van der Waals surface area contributed by atoms with Crippen LogP contribution in [0, 0.1) is 5.82 Å². The van der Waals surface area contributed by atoms with Gasteiger partial charge < -0.3 is 19.9 Å². The Hall–Kier alpha value is -1.89. The normalized spacial score (nSPS) is 14.8. The summed E-state index contributed by atoms with van der Waals surface area (Å²) in [6.45, 7) is 4.60. The fourth-order valence-corrected chi connectivity index (χ4v) is 2.34. The number of thiocarbonyl (C=S) groups is 1. The molecule has 1 saturated heterocycles. The van der Waals surface area contributed by atoms with Crippen LogP contribution < -0.4 is 5.32 Å². The van der Waals surface area contributed by atoms with Gasteiger partial charge in [-0.3, -0.25) is 0 Å². The minimum absolute atomic E-state index is 0.283. The molecule has 1 heterocycles. The number of hydrogen-bond donors (Lipinski definition) is 1. The highest BCUT2D eigenvalue weighted by molar-refractivity contribution is 7.80. The van der Waals surface area contributed by atoms with Gasteiger partial charge in [-0.05, 0) is 43.4 Å². The van der Waals surface area contributed by atoms with Gasteiger partial charge in [-0.15, -0.1) is 0 Å². The van der Waals surface area contributed by atoms with E-state index in [1.165, 1.54) is 12.1 Å². The first-order chi connectivity index (χ1) is 10.1. The summed E-state index contributed by atoms with van der Waals surface area (Å²) in [4.78, 5) is 15.2. The molecule has 0 bridgehead atoms. The molecule has 1 aromatic rings. The first-order valence-electron chi connectivity index (χ1n) is 6.83. The third-order valence-electron chi connectivity index (χ3n) is 3.19. The molecule has 0 saturated carbocycles. The molecule has 1 aromatic carbocycles. The Morgan fingerprint density at radius 3 is 2.38 bits per heavy atom. The number of amides is 1. The van der Waals surface area contributed by atoms with E-state index in [9.17, 15) is 9.18 Å². The molecule has 0 aliphatic carbocycles. The zero-order valence-electron chi connectivity index (χ0n) is 11.8. The molecule has 0 unspecified atom stereocenters. The fourth-order valence-electron chi connectivity index (χ4n) is 2.04. The van der Waals surface area contributed by atoms with Gasteiger partial charge in [0.05, 0.1) is 6.61 Å². The van der Waals surface area contributed by atoms with E-state index in [2.05, 4.69) is 5.32 Å². The van der Waals surface area contributed by atoms with Crippen molar-refractivity contribution in [3.63, 3.8) is 0 Å². The zero-order valence-corrected chi connectivity index (χ0v) is 12.7. The number of nitrogens with zero attached hydrogens (tertiary/aromatic N) is 2. The average Bonchev–Trinajstić information content (AvgIpc) is 2.50.